The summed E-state index contributed by atoms with van der Waals surface area (Å²) in [6, 6.07) is 11.3. The predicted octanol–water partition coefficient (Wildman–Crippen LogP) is 4.10. The molecule has 0 saturated carbocycles. The molecule has 1 heterocycles. The molecule has 0 radical (unpaired) electrons. The van der Waals surface area contributed by atoms with Gasteiger partial charge in [0, 0.05) is 10.6 Å². The molecule has 0 bridgehead atoms. The summed E-state index contributed by atoms with van der Waals surface area (Å²) in [5.41, 5.74) is -0.856. The molecule has 7 nitrogen and oxygen atoms in total. The van der Waals surface area contributed by atoms with Gasteiger partial charge in [0.25, 0.3) is 0 Å². The van der Waals surface area contributed by atoms with Crippen molar-refractivity contribution in [3.8, 4) is 11.4 Å². The first-order chi connectivity index (χ1) is 16.7. The largest absolute Gasteiger partial charge is 0.416 e. The molecule has 2 N–H and O–H groups in total. The minimum Gasteiger partial charge on any atom is -0.382 e. The summed E-state index contributed by atoms with van der Waals surface area (Å²) < 4.78 is 79.1. The van der Waals surface area contributed by atoms with Crippen LogP contribution in [0.2, 0.25) is 5.02 Å². The zero-order valence-corrected chi connectivity index (χ0v) is 19.0. The van der Waals surface area contributed by atoms with E-state index < -0.39 is 55.6 Å². The molecule has 0 saturated heterocycles. The van der Waals surface area contributed by atoms with Crippen molar-refractivity contribution < 1.29 is 36.2 Å². The highest BCUT2D eigenvalue weighted by Crippen LogP contribution is 2.29. The number of carbonyl (C=O) groups excluding carboxylic acids is 1. The summed E-state index contributed by atoms with van der Waals surface area (Å²) >= 11 is 5.82. The van der Waals surface area contributed by atoms with Crippen LogP contribution >= 0.6 is 11.6 Å². The van der Waals surface area contributed by atoms with E-state index in [0.717, 1.165) is 0 Å². The van der Waals surface area contributed by atoms with Crippen molar-refractivity contribution in [2.24, 2.45) is 0 Å². The van der Waals surface area contributed by atoms with Crippen LogP contribution in [0.4, 0.5) is 26.3 Å². The van der Waals surface area contributed by atoms with Gasteiger partial charge in [0.05, 0.1) is 19.0 Å². The zero-order chi connectivity index (χ0) is 26.7. The number of aromatic nitrogens is 3. The number of aliphatic hydroxyl groups excluding tert-OH is 1. The second-order valence-electron chi connectivity index (χ2n) is 7.79. The topological polar surface area (TPSA) is 89.2 Å². The standard InChI is InChI=1S/C22H19ClF6N4O3/c23-15-8-6-14(7-9-15)19-31-33(20(36)32(19)11-17(34)22(27,28)29)12-18(35)30-16(10-21(24,25)26)13-4-2-1-3-5-13/h1-9,16-17,34H,10-12H2,(H,30,35)/t16?,17-/m0/s1. The monoisotopic (exact) mass is 536 g/mol. The van der Waals surface area contributed by atoms with Crippen molar-refractivity contribution in [3.05, 3.63) is 75.7 Å². The molecule has 1 aromatic heterocycles. The molecule has 0 fully saturated rings. The van der Waals surface area contributed by atoms with E-state index in [2.05, 4.69) is 10.4 Å². The Hall–Kier alpha value is -3.32. The molecule has 0 aliphatic carbocycles. The Balaban J connectivity index is 1.92. The van der Waals surface area contributed by atoms with E-state index in [4.69, 9.17) is 11.6 Å². The van der Waals surface area contributed by atoms with Gasteiger partial charge < -0.3 is 10.4 Å². The SMILES string of the molecule is O=C(Cn1nc(-c2ccc(Cl)cc2)n(C[C@H](O)C(F)(F)F)c1=O)NC(CC(F)(F)F)c1ccccc1. The Morgan fingerprint density at radius 2 is 1.64 bits per heavy atom. The Labute approximate surface area is 204 Å². The number of aliphatic hydroxyl groups is 1. The molecule has 3 rings (SSSR count). The van der Waals surface area contributed by atoms with E-state index in [1.165, 1.54) is 48.5 Å². The van der Waals surface area contributed by atoms with Crippen LogP contribution < -0.4 is 11.0 Å². The number of carbonyl (C=O) groups is 1. The summed E-state index contributed by atoms with van der Waals surface area (Å²) in [6.45, 7) is -2.10. The maximum absolute atomic E-state index is 13.1. The molecular weight excluding hydrogens is 518 g/mol. The van der Waals surface area contributed by atoms with Gasteiger partial charge in [0.1, 0.15) is 6.54 Å². The van der Waals surface area contributed by atoms with Gasteiger partial charge in [-0.05, 0) is 29.8 Å². The molecular formula is C22H19ClF6N4O3. The fourth-order valence-corrected chi connectivity index (χ4v) is 3.47. The highest BCUT2D eigenvalue weighted by molar-refractivity contribution is 6.30. The molecule has 14 heteroatoms. The van der Waals surface area contributed by atoms with Gasteiger partial charge in [0.2, 0.25) is 5.91 Å². The number of nitrogens with one attached hydrogen (secondary N) is 1. The van der Waals surface area contributed by atoms with Gasteiger partial charge in [-0.2, -0.15) is 26.3 Å². The number of halogens is 7. The highest BCUT2D eigenvalue weighted by atomic mass is 35.5. The molecule has 2 atom stereocenters. The van der Waals surface area contributed by atoms with E-state index in [1.807, 2.05) is 0 Å². The first-order valence-electron chi connectivity index (χ1n) is 10.3. The van der Waals surface area contributed by atoms with Crippen molar-refractivity contribution in [1.82, 2.24) is 19.7 Å². The van der Waals surface area contributed by atoms with Gasteiger partial charge in [0.15, 0.2) is 11.9 Å². The van der Waals surface area contributed by atoms with Gasteiger partial charge in [-0.25, -0.2) is 9.48 Å². The molecule has 0 aliphatic heterocycles. The van der Waals surface area contributed by atoms with E-state index in [0.29, 0.717) is 14.3 Å². The summed E-state index contributed by atoms with van der Waals surface area (Å²) in [6.07, 6.45) is -14.0. The normalized spacial score (nSPS) is 13.9. The van der Waals surface area contributed by atoms with Crippen LogP contribution in [0.3, 0.4) is 0 Å². The lowest BCUT2D eigenvalue weighted by atomic mass is 10.0. The molecule has 2 aromatic carbocycles. The first kappa shape index (κ1) is 27.3. The van der Waals surface area contributed by atoms with Crippen molar-refractivity contribution >= 4 is 17.5 Å². The lowest BCUT2D eigenvalue weighted by Gasteiger charge is -2.20. The second kappa shape index (κ2) is 10.7. The fourth-order valence-electron chi connectivity index (χ4n) is 3.34. The van der Waals surface area contributed by atoms with Crippen LogP contribution in [0.5, 0.6) is 0 Å². The number of amides is 1. The average molecular weight is 537 g/mol. The highest BCUT2D eigenvalue weighted by Gasteiger charge is 2.39. The average Bonchev–Trinajstić information content (AvgIpc) is 3.08. The van der Waals surface area contributed by atoms with E-state index in [9.17, 15) is 41.0 Å². The van der Waals surface area contributed by atoms with E-state index in [1.54, 1.807) is 6.07 Å². The third-order valence-corrected chi connectivity index (χ3v) is 5.28. The van der Waals surface area contributed by atoms with Gasteiger partial charge >= 0.3 is 18.0 Å². The summed E-state index contributed by atoms with van der Waals surface area (Å²) in [7, 11) is 0. The predicted molar refractivity (Wildman–Crippen MR) is 117 cm³/mol. The Kier molecular flexibility index (Phi) is 8.14. The molecule has 1 amide bonds. The number of nitrogens with zero attached hydrogens (tertiary/aromatic N) is 3. The van der Waals surface area contributed by atoms with Gasteiger partial charge in [-0.3, -0.25) is 9.36 Å². The van der Waals surface area contributed by atoms with Crippen LogP contribution in [0.25, 0.3) is 11.4 Å². The minimum absolute atomic E-state index is 0.157. The lowest BCUT2D eigenvalue weighted by molar-refractivity contribution is -0.207. The zero-order valence-electron chi connectivity index (χ0n) is 18.2. The second-order valence-corrected chi connectivity index (χ2v) is 8.23. The number of alkyl halides is 6. The Morgan fingerprint density at radius 3 is 2.19 bits per heavy atom. The number of hydrogen-bond acceptors (Lipinski definition) is 4. The van der Waals surface area contributed by atoms with Crippen LogP contribution in [0.15, 0.2) is 59.4 Å². The van der Waals surface area contributed by atoms with Crippen LogP contribution in [0, 0.1) is 0 Å². The number of hydrogen-bond donors (Lipinski definition) is 2. The maximum Gasteiger partial charge on any atom is 0.416 e. The Morgan fingerprint density at radius 1 is 1.03 bits per heavy atom. The van der Waals surface area contributed by atoms with Crippen molar-refractivity contribution in [3.63, 3.8) is 0 Å². The fraction of sp³-hybridized carbons (Fsp3) is 0.318. The van der Waals surface area contributed by atoms with Crippen LogP contribution in [-0.2, 0) is 17.9 Å². The maximum atomic E-state index is 13.1. The summed E-state index contributed by atoms with van der Waals surface area (Å²) in [4.78, 5) is 25.4. The van der Waals surface area contributed by atoms with Crippen molar-refractivity contribution in [1.29, 1.82) is 0 Å². The molecule has 3 aromatic rings. The molecule has 0 spiro atoms. The summed E-state index contributed by atoms with van der Waals surface area (Å²) in [5, 5.41) is 15.9. The van der Waals surface area contributed by atoms with Crippen LogP contribution in [0.1, 0.15) is 18.0 Å². The molecule has 0 aliphatic rings. The van der Waals surface area contributed by atoms with Crippen molar-refractivity contribution in [2.45, 2.75) is 44.0 Å². The van der Waals surface area contributed by atoms with Crippen LogP contribution in [-0.4, -0.2) is 43.8 Å². The van der Waals surface area contributed by atoms with E-state index in [-0.39, 0.29) is 17.0 Å². The number of rotatable bonds is 8. The minimum atomic E-state index is -5.04. The smallest absolute Gasteiger partial charge is 0.382 e. The van der Waals surface area contributed by atoms with Crippen molar-refractivity contribution in [2.75, 3.05) is 0 Å². The number of benzene rings is 2. The van der Waals surface area contributed by atoms with Gasteiger partial charge in [-0.1, -0.05) is 41.9 Å². The lowest BCUT2D eigenvalue weighted by Crippen LogP contribution is -2.39. The molecule has 1 unspecified atom stereocenters. The molecule has 36 heavy (non-hydrogen) atoms. The quantitative estimate of drug-likeness (QED) is 0.424. The summed E-state index contributed by atoms with van der Waals surface area (Å²) in [5.74, 6) is -1.33. The van der Waals surface area contributed by atoms with E-state index >= 15 is 0 Å². The van der Waals surface area contributed by atoms with Gasteiger partial charge in [-0.15, -0.1) is 5.10 Å². The third kappa shape index (κ3) is 7.10. The third-order valence-electron chi connectivity index (χ3n) is 5.02. The molecule has 194 valence electrons. The first-order valence-corrected chi connectivity index (χ1v) is 10.7. The Bertz CT molecular complexity index is 1240.